The van der Waals surface area contributed by atoms with Crippen LogP contribution in [0.3, 0.4) is 0 Å². The van der Waals surface area contributed by atoms with E-state index in [0.29, 0.717) is 0 Å². The third kappa shape index (κ3) is 2.70. The molecular weight excluding hydrogens is 158 g/mol. The fourth-order valence-electron chi connectivity index (χ4n) is 2.45. The molecule has 1 nitrogen and oxygen atoms in total. The number of nitrogens with one attached hydrogen (secondary N) is 1. The van der Waals surface area contributed by atoms with E-state index in [-0.39, 0.29) is 0 Å². The van der Waals surface area contributed by atoms with E-state index in [9.17, 15) is 0 Å². The lowest BCUT2D eigenvalue weighted by atomic mass is 9.80. The third-order valence-electron chi connectivity index (χ3n) is 3.79. The van der Waals surface area contributed by atoms with Gasteiger partial charge in [0.15, 0.2) is 0 Å². The monoisotopic (exact) mass is 181 g/mol. The van der Waals surface area contributed by atoms with Crippen molar-refractivity contribution in [3.63, 3.8) is 0 Å². The number of hydrogen-bond donors (Lipinski definition) is 1. The summed E-state index contributed by atoms with van der Waals surface area (Å²) in [6.45, 7) is 4.72. The van der Waals surface area contributed by atoms with Crippen LogP contribution in [0.25, 0.3) is 0 Å². The molecule has 0 aromatic heterocycles. The second-order valence-corrected chi connectivity index (χ2v) is 5.23. The fourth-order valence-corrected chi connectivity index (χ4v) is 2.45. The molecule has 2 aliphatic carbocycles. The maximum atomic E-state index is 3.75. The van der Waals surface area contributed by atoms with Crippen molar-refractivity contribution in [2.45, 2.75) is 64.5 Å². The highest BCUT2D eigenvalue weighted by molar-refractivity contribution is 4.84. The van der Waals surface area contributed by atoms with Gasteiger partial charge in [0.1, 0.15) is 0 Å². The first-order valence-electron chi connectivity index (χ1n) is 6.01. The molecule has 2 fully saturated rings. The van der Waals surface area contributed by atoms with Gasteiger partial charge < -0.3 is 5.32 Å². The molecule has 0 saturated heterocycles. The minimum Gasteiger partial charge on any atom is -0.311 e. The van der Waals surface area contributed by atoms with E-state index in [0.717, 1.165) is 23.9 Å². The highest BCUT2D eigenvalue weighted by Crippen LogP contribution is 2.34. The Morgan fingerprint density at radius 1 is 1.15 bits per heavy atom. The Morgan fingerprint density at radius 2 is 1.85 bits per heavy atom. The van der Waals surface area contributed by atoms with Crippen LogP contribution in [-0.4, -0.2) is 12.1 Å². The van der Waals surface area contributed by atoms with Crippen LogP contribution in [0.1, 0.15) is 52.4 Å². The largest absolute Gasteiger partial charge is 0.311 e. The Hall–Kier alpha value is -0.0400. The maximum absolute atomic E-state index is 3.75. The van der Waals surface area contributed by atoms with Crippen LogP contribution in [-0.2, 0) is 0 Å². The minimum atomic E-state index is 0.753. The van der Waals surface area contributed by atoms with E-state index in [2.05, 4.69) is 19.2 Å². The Morgan fingerprint density at radius 3 is 2.31 bits per heavy atom. The van der Waals surface area contributed by atoms with Crippen LogP contribution in [0.15, 0.2) is 0 Å². The minimum absolute atomic E-state index is 0.753. The summed E-state index contributed by atoms with van der Waals surface area (Å²) >= 11 is 0. The van der Waals surface area contributed by atoms with E-state index < -0.39 is 0 Å². The molecule has 2 saturated carbocycles. The summed E-state index contributed by atoms with van der Waals surface area (Å²) in [5.41, 5.74) is 0. The third-order valence-corrected chi connectivity index (χ3v) is 3.79. The second-order valence-electron chi connectivity index (χ2n) is 5.23. The molecular formula is C12H23N. The van der Waals surface area contributed by atoms with E-state index in [1.54, 1.807) is 0 Å². The van der Waals surface area contributed by atoms with Gasteiger partial charge in [-0.3, -0.25) is 0 Å². The van der Waals surface area contributed by atoms with Crippen LogP contribution in [0, 0.1) is 11.8 Å². The van der Waals surface area contributed by atoms with Crippen molar-refractivity contribution >= 4 is 0 Å². The van der Waals surface area contributed by atoms with Crippen molar-refractivity contribution in [1.82, 2.24) is 5.32 Å². The summed E-state index contributed by atoms with van der Waals surface area (Å²) in [4.78, 5) is 0. The molecule has 0 bridgehead atoms. The summed E-state index contributed by atoms with van der Waals surface area (Å²) in [6, 6.07) is 1.52. The molecule has 0 aliphatic heterocycles. The summed E-state index contributed by atoms with van der Waals surface area (Å²) in [5, 5.41) is 3.75. The molecule has 0 aromatic rings. The van der Waals surface area contributed by atoms with Crippen molar-refractivity contribution in [3.05, 3.63) is 0 Å². The molecule has 2 atom stereocenters. The summed E-state index contributed by atoms with van der Waals surface area (Å²) in [6.07, 6.45) is 8.78. The Labute approximate surface area is 82.3 Å². The van der Waals surface area contributed by atoms with Crippen LogP contribution >= 0.6 is 0 Å². The molecule has 1 N–H and O–H groups in total. The van der Waals surface area contributed by atoms with Crippen LogP contribution in [0.5, 0.6) is 0 Å². The second kappa shape index (κ2) is 4.00. The molecule has 0 spiro atoms. The predicted octanol–water partition coefficient (Wildman–Crippen LogP) is 2.95. The molecule has 76 valence electrons. The maximum Gasteiger partial charge on any atom is 0.00694 e. The average molecular weight is 181 g/mol. The molecule has 2 aliphatic rings. The molecule has 0 aromatic carbocycles. The lowest BCUT2D eigenvalue weighted by Gasteiger charge is -2.34. The van der Waals surface area contributed by atoms with Gasteiger partial charge in [-0.1, -0.05) is 19.3 Å². The van der Waals surface area contributed by atoms with Gasteiger partial charge >= 0.3 is 0 Å². The summed E-state index contributed by atoms with van der Waals surface area (Å²) in [7, 11) is 0. The summed E-state index contributed by atoms with van der Waals surface area (Å²) < 4.78 is 0. The van der Waals surface area contributed by atoms with Gasteiger partial charge in [0.05, 0.1) is 0 Å². The predicted molar refractivity (Wildman–Crippen MR) is 56.7 cm³/mol. The van der Waals surface area contributed by atoms with Gasteiger partial charge in [-0.15, -0.1) is 0 Å². The van der Waals surface area contributed by atoms with Crippen molar-refractivity contribution in [2.75, 3.05) is 0 Å². The zero-order valence-electron chi connectivity index (χ0n) is 9.05. The van der Waals surface area contributed by atoms with Crippen molar-refractivity contribution in [1.29, 1.82) is 0 Å². The first-order chi connectivity index (χ1) is 6.25. The lowest BCUT2D eigenvalue weighted by molar-refractivity contribution is 0.225. The van der Waals surface area contributed by atoms with Crippen molar-refractivity contribution in [3.8, 4) is 0 Å². The molecule has 2 unspecified atom stereocenters. The van der Waals surface area contributed by atoms with Gasteiger partial charge in [-0.05, 0) is 44.9 Å². The average Bonchev–Trinajstić information content (AvgIpc) is 2.65. The highest BCUT2D eigenvalue weighted by atomic mass is 14.9. The highest BCUT2D eigenvalue weighted by Gasteiger charge is 2.27. The Bertz CT molecular complexity index is 159. The van der Waals surface area contributed by atoms with Crippen LogP contribution in [0.2, 0.25) is 0 Å². The molecule has 13 heavy (non-hydrogen) atoms. The van der Waals surface area contributed by atoms with Crippen molar-refractivity contribution < 1.29 is 0 Å². The molecule has 2 rings (SSSR count). The fraction of sp³-hybridized carbons (Fsp3) is 1.00. The van der Waals surface area contributed by atoms with Gasteiger partial charge in [-0.25, -0.2) is 0 Å². The standard InChI is InChI=1S/C12H23N/c1-9(8-11-6-7-11)13-10(2)12-4-3-5-12/h9-13H,3-8H2,1-2H3. The zero-order chi connectivity index (χ0) is 9.26. The molecule has 1 heteroatoms. The van der Waals surface area contributed by atoms with Gasteiger partial charge in [0, 0.05) is 12.1 Å². The first kappa shape index (κ1) is 9.51. The topological polar surface area (TPSA) is 12.0 Å². The van der Waals surface area contributed by atoms with E-state index in [1.165, 1.54) is 38.5 Å². The normalized spacial score (nSPS) is 28.2. The lowest BCUT2D eigenvalue weighted by Crippen LogP contribution is -2.42. The van der Waals surface area contributed by atoms with Gasteiger partial charge in [0.2, 0.25) is 0 Å². The van der Waals surface area contributed by atoms with E-state index in [1.807, 2.05) is 0 Å². The van der Waals surface area contributed by atoms with Gasteiger partial charge in [0.25, 0.3) is 0 Å². The number of hydrogen-bond acceptors (Lipinski definition) is 1. The SMILES string of the molecule is CC(CC1CC1)NC(C)C1CCC1. The quantitative estimate of drug-likeness (QED) is 0.687. The zero-order valence-corrected chi connectivity index (χ0v) is 9.05. The van der Waals surface area contributed by atoms with E-state index in [4.69, 9.17) is 0 Å². The Balaban J connectivity index is 1.62. The van der Waals surface area contributed by atoms with Crippen molar-refractivity contribution in [2.24, 2.45) is 11.8 Å². The van der Waals surface area contributed by atoms with E-state index >= 15 is 0 Å². The van der Waals surface area contributed by atoms with Crippen LogP contribution < -0.4 is 5.32 Å². The molecule has 0 amide bonds. The smallest absolute Gasteiger partial charge is 0.00694 e. The summed E-state index contributed by atoms with van der Waals surface area (Å²) in [5.74, 6) is 2.05. The molecule has 0 radical (unpaired) electrons. The molecule has 0 heterocycles. The van der Waals surface area contributed by atoms with Gasteiger partial charge in [-0.2, -0.15) is 0 Å². The number of rotatable bonds is 5. The first-order valence-corrected chi connectivity index (χ1v) is 6.01. The van der Waals surface area contributed by atoms with Crippen LogP contribution in [0.4, 0.5) is 0 Å². The Kier molecular flexibility index (Phi) is 2.92.